The quantitative estimate of drug-likeness (QED) is 0.350. The predicted molar refractivity (Wildman–Crippen MR) is 144 cm³/mol. The summed E-state index contributed by atoms with van der Waals surface area (Å²) in [7, 11) is 1.39. The smallest absolute Gasteiger partial charge is 0.490 e. The molecule has 10 nitrogen and oxygen atoms in total. The molecule has 0 aromatic heterocycles. The number of halogens is 5. The topological polar surface area (TPSA) is 141 Å². The number of alkyl halides is 3. The number of nitrogens with one attached hydrogen (secondary N) is 3. The maximum Gasteiger partial charge on any atom is 0.490 e. The Labute approximate surface area is 243 Å². The molecule has 2 heterocycles. The molecule has 228 valence electrons. The van der Waals surface area contributed by atoms with E-state index in [2.05, 4.69) is 10.6 Å². The van der Waals surface area contributed by atoms with Crippen molar-refractivity contribution in [2.24, 2.45) is 0 Å². The predicted octanol–water partition coefficient (Wildman–Crippen LogP) is 4.91. The molecule has 0 bridgehead atoms. The van der Waals surface area contributed by atoms with E-state index in [1.807, 2.05) is 6.92 Å². The van der Waals surface area contributed by atoms with Crippen LogP contribution in [0.4, 0.5) is 23.2 Å². The minimum Gasteiger partial charge on any atom is -0.496 e. The molecule has 42 heavy (non-hydrogen) atoms. The summed E-state index contributed by atoms with van der Waals surface area (Å²) in [6.07, 6.45) is -3.65. The number of hydrogen-bond acceptors (Lipinski definition) is 6. The first-order valence-electron chi connectivity index (χ1n) is 12.6. The van der Waals surface area contributed by atoms with Crippen molar-refractivity contribution in [3.05, 3.63) is 58.4 Å². The lowest BCUT2D eigenvalue weighted by Gasteiger charge is -2.45. The highest BCUT2D eigenvalue weighted by Gasteiger charge is 2.44. The van der Waals surface area contributed by atoms with Crippen LogP contribution < -0.4 is 15.4 Å². The fourth-order valence-electron chi connectivity index (χ4n) is 4.74. The summed E-state index contributed by atoms with van der Waals surface area (Å²) >= 11 is 6.70. The highest BCUT2D eigenvalue weighted by Crippen LogP contribution is 2.39. The van der Waals surface area contributed by atoms with Crippen molar-refractivity contribution in [2.75, 3.05) is 19.0 Å². The Morgan fingerprint density at radius 2 is 1.95 bits per heavy atom. The summed E-state index contributed by atoms with van der Waals surface area (Å²) < 4.78 is 56.2. The molecule has 2 fully saturated rings. The van der Waals surface area contributed by atoms with Crippen molar-refractivity contribution >= 4 is 41.0 Å². The van der Waals surface area contributed by atoms with E-state index in [9.17, 15) is 27.2 Å². The van der Waals surface area contributed by atoms with Gasteiger partial charge in [-0.25, -0.2) is 9.18 Å². The Hall–Kier alpha value is -3.91. The molecule has 2 amide bonds. The first kappa shape index (κ1) is 32.6. The zero-order valence-electron chi connectivity index (χ0n) is 22.8. The van der Waals surface area contributed by atoms with Crippen LogP contribution in [0.5, 0.6) is 5.75 Å². The number of carbonyl (C=O) groups is 3. The number of guanidine groups is 1. The summed E-state index contributed by atoms with van der Waals surface area (Å²) in [6, 6.07) is 8.63. The van der Waals surface area contributed by atoms with Gasteiger partial charge in [0.1, 0.15) is 11.6 Å². The van der Waals surface area contributed by atoms with Crippen molar-refractivity contribution in [1.82, 2.24) is 10.2 Å². The molecule has 0 saturated carbocycles. The molecule has 0 spiro atoms. The van der Waals surface area contributed by atoms with Crippen LogP contribution in [-0.2, 0) is 19.9 Å². The number of methoxy groups -OCH3 is 1. The second kappa shape index (κ2) is 12.9. The second-order valence-electron chi connectivity index (χ2n) is 9.87. The van der Waals surface area contributed by atoms with Gasteiger partial charge in [0, 0.05) is 12.6 Å². The van der Waals surface area contributed by atoms with Gasteiger partial charge >= 0.3 is 12.1 Å². The molecule has 4 N–H and O–H groups in total. The number of aliphatic carboxylic acids is 1. The van der Waals surface area contributed by atoms with Crippen molar-refractivity contribution < 1.29 is 46.5 Å². The van der Waals surface area contributed by atoms with Gasteiger partial charge in [-0.2, -0.15) is 13.2 Å². The van der Waals surface area contributed by atoms with E-state index in [0.717, 1.165) is 6.07 Å². The highest BCUT2D eigenvalue weighted by molar-refractivity contribution is 6.35. The summed E-state index contributed by atoms with van der Waals surface area (Å²) in [5.74, 6) is -3.87. The number of rotatable bonds is 5. The van der Waals surface area contributed by atoms with Crippen LogP contribution in [0.25, 0.3) is 0 Å². The number of benzene rings is 2. The molecular weight excluding hydrogens is 588 g/mol. The number of carbonyl (C=O) groups excluding carboxylic acids is 2. The fraction of sp³-hybridized carbons (Fsp3) is 0.407. The molecule has 2 saturated heterocycles. The van der Waals surface area contributed by atoms with Crippen molar-refractivity contribution in [2.45, 2.75) is 57.0 Å². The molecule has 15 heteroatoms. The standard InChI is InChI=1S/C25H28ClFN4O4.C2HF3O2/c1-14-11-16(9-10-35-14)31-21(32)13-25(2,30-24(31)28)18-5-4-6-19(22(18)26)29-23(33)17-12-15(27)7-8-20(17)34-3;3-2(4,5)1(6)7/h4-8,12,14,16H,9-11,13H2,1-3H3,(H2,28,30)(H,29,33);(H,6,7)/t14-,16-,25+;/m1./s1. The van der Waals surface area contributed by atoms with Gasteiger partial charge in [-0.3, -0.25) is 19.9 Å². The van der Waals surface area contributed by atoms with Gasteiger partial charge in [0.15, 0.2) is 5.96 Å². The molecule has 4 rings (SSSR count). The zero-order chi connectivity index (χ0) is 31.4. The lowest BCUT2D eigenvalue weighted by atomic mass is 9.85. The SMILES string of the molecule is COc1ccc(F)cc1C(=O)Nc1cccc([C@]2(C)CC(=O)N([C@@H]3CCO[C@H](C)C3)C(=N)N2)c1Cl.O=C(O)C(F)(F)F. The third-order valence-electron chi connectivity index (χ3n) is 6.72. The Kier molecular flexibility index (Phi) is 10.0. The van der Waals surface area contributed by atoms with E-state index in [1.54, 1.807) is 25.1 Å². The van der Waals surface area contributed by atoms with E-state index in [4.69, 9.17) is 36.4 Å². The highest BCUT2D eigenvalue weighted by atomic mass is 35.5. The molecule has 2 aliphatic rings. The minimum atomic E-state index is -5.08. The van der Waals surface area contributed by atoms with Crippen LogP contribution in [-0.4, -0.2) is 65.8 Å². The van der Waals surface area contributed by atoms with Crippen molar-refractivity contribution in [3.8, 4) is 5.75 Å². The summed E-state index contributed by atoms with van der Waals surface area (Å²) in [4.78, 5) is 36.5. The van der Waals surface area contributed by atoms with E-state index >= 15 is 0 Å². The van der Waals surface area contributed by atoms with Gasteiger partial charge in [-0.1, -0.05) is 23.7 Å². The molecule has 2 aromatic rings. The van der Waals surface area contributed by atoms with Crippen LogP contribution >= 0.6 is 11.6 Å². The monoisotopic (exact) mass is 616 g/mol. The van der Waals surface area contributed by atoms with Gasteiger partial charge < -0.3 is 25.2 Å². The van der Waals surface area contributed by atoms with Gasteiger partial charge in [-0.15, -0.1) is 0 Å². The Bertz CT molecular complexity index is 1350. The van der Waals surface area contributed by atoms with E-state index in [0.29, 0.717) is 30.7 Å². The van der Waals surface area contributed by atoms with Crippen molar-refractivity contribution in [1.29, 1.82) is 5.41 Å². The number of nitrogens with zero attached hydrogens (tertiary/aromatic N) is 1. The molecule has 0 radical (unpaired) electrons. The molecule has 2 aliphatic heterocycles. The van der Waals surface area contributed by atoms with Crippen LogP contribution in [0, 0.1) is 11.2 Å². The molecule has 2 aromatic carbocycles. The lowest BCUT2D eigenvalue weighted by molar-refractivity contribution is -0.192. The van der Waals surface area contributed by atoms with Gasteiger partial charge in [0.2, 0.25) is 5.91 Å². The van der Waals surface area contributed by atoms with Gasteiger partial charge in [0.05, 0.1) is 41.4 Å². The number of amides is 2. The Balaban J connectivity index is 0.000000616. The summed E-state index contributed by atoms with van der Waals surface area (Å²) in [5, 5.41) is 21.8. The van der Waals surface area contributed by atoms with E-state index in [-0.39, 0.29) is 46.8 Å². The van der Waals surface area contributed by atoms with Crippen LogP contribution in [0.15, 0.2) is 36.4 Å². The average molecular weight is 617 g/mol. The fourth-order valence-corrected chi connectivity index (χ4v) is 5.12. The molecule has 3 atom stereocenters. The maximum atomic E-state index is 13.7. The number of anilines is 1. The zero-order valence-corrected chi connectivity index (χ0v) is 23.5. The second-order valence-corrected chi connectivity index (χ2v) is 10.3. The van der Waals surface area contributed by atoms with Gasteiger partial charge in [0.25, 0.3) is 5.91 Å². The number of carboxylic acids is 1. The van der Waals surface area contributed by atoms with Crippen LogP contribution in [0.2, 0.25) is 5.02 Å². The molecule has 0 unspecified atom stereocenters. The first-order chi connectivity index (χ1) is 19.6. The van der Waals surface area contributed by atoms with Crippen molar-refractivity contribution in [3.63, 3.8) is 0 Å². The third kappa shape index (κ3) is 7.48. The average Bonchev–Trinajstić information content (AvgIpc) is 2.89. The van der Waals surface area contributed by atoms with E-state index in [1.165, 1.54) is 24.1 Å². The molecule has 0 aliphatic carbocycles. The Morgan fingerprint density at radius 1 is 1.29 bits per heavy atom. The molecular formula is C27H29ClF4N4O6. The maximum absolute atomic E-state index is 13.7. The Morgan fingerprint density at radius 3 is 2.52 bits per heavy atom. The number of hydrogen-bond donors (Lipinski definition) is 4. The number of carboxylic acid groups (broad SMARTS) is 1. The number of ether oxygens (including phenoxy) is 2. The third-order valence-corrected chi connectivity index (χ3v) is 7.13. The van der Waals surface area contributed by atoms with E-state index < -0.39 is 29.4 Å². The normalized spacial score (nSPS) is 22.4. The lowest BCUT2D eigenvalue weighted by Crippen LogP contribution is -2.63. The summed E-state index contributed by atoms with van der Waals surface area (Å²) in [5.41, 5.74) is -0.0887. The van der Waals surface area contributed by atoms with Gasteiger partial charge in [-0.05, 0) is 56.5 Å². The largest absolute Gasteiger partial charge is 0.496 e. The summed E-state index contributed by atoms with van der Waals surface area (Å²) in [6.45, 7) is 4.30. The first-order valence-corrected chi connectivity index (χ1v) is 13.0. The van der Waals surface area contributed by atoms with Crippen LogP contribution in [0.1, 0.15) is 49.0 Å². The minimum absolute atomic E-state index is 0.0119. The van der Waals surface area contributed by atoms with Crippen LogP contribution in [0.3, 0.4) is 0 Å².